The van der Waals surface area contributed by atoms with Crippen molar-refractivity contribution >= 4 is 23.0 Å². The van der Waals surface area contributed by atoms with Crippen LogP contribution in [0.5, 0.6) is 0 Å². The van der Waals surface area contributed by atoms with Crippen LogP contribution in [0.15, 0.2) is 48.8 Å². The normalized spacial score (nSPS) is 15.4. The van der Waals surface area contributed by atoms with Crippen molar-refractivity contribution in [2.75, 3.05) is 31.5 Å². The SMILES string of the molecule is CC(C)c1ccc(NC(=S)N2CC[NH+](Cc3ccncc3)CC2)cc1. The molecule has 1 fully saturated rings. The predicted molar refractivity (Wildman–Crippen MR) is 107 cm³/mol. The molecule has 2 N–H and O–H groups in total. The summed E-state index contributed by atoms with van der Waals surface area (Å²) < 4.78 is 0. The molecular weight excluding hydrogens is 328 g/mol. The molecule has 1 aromatic heterocycles. The third-order valence-electron chi connectivity index (χ3n) is 4.79. The number of piperazine rings is 1. The van der Waals surface area contributed by atoms with Crippen LogP contribution in [-0.2, 0) is 6.54 Å². The van der Waals surface area contributed by atoms with E-state index in [1.54, 1.807) is 4.90 Å². The number of pyridine rings is 1. The van der Waals surface area contributed by atoms with Crippen LogP contribution < -0.4 is 10.2 Å². The van der Waals surface area contributed by atoms with Crippen LogP contribution in [0, 0.1) is 0 Å². The summed E-state index contributed by atoms with van der Waals surface area (Å²) in [6.07, 6.45) is 3.74. The highest BCUT2D eigenvalue weighted by atomic mass is 32.1. The van der Waals surface area contributed by atoms with Crippen molar-refractivity contribution in [2.45, 2.75) is 26.3 Å². The van der Waals surface area contributed by atoms with Gasteiger partial charge in [-0.25, -0.2) is 0 Å². The molecule has 0 unspecified atom stereocenters. The van der Waals surface area contributed by atoms with Gasteiger partial charge in [0.15, 0.2) is 5.11 Å². The number of hydrogen-bond donors (Lipinski definition) is 2. The molecule has 1 aromatic carbocycles. The number of thiocarbonyl (C=S) groups is 1. The van der Waals surface area contributed by atoms with E-state index in [9.17, 15) is 0 Å². The fraction of sp³-hybridized carbons (Fsp3) is 0.400. The topological polar surface area (TPSA) is 32.6 Å². The molecular formula is C20H27N4S+. The number of nitrogens with one attached hydrogen (secondary N) is 2. The summed E-state index contributed by atoms with van der Waals surface area (Å²) in [5.41, 5.74) is 3.77. The van der Waals surface area contributed by atoms with Gasteiger partial charge in [-0.1, -0.05) is 26.0 Å². The number of quaternary nitrogens is 1. The summed E-state index contributed by atoms with van der Waals surface area (Å²) in [5, 5.41) is 4.22. The van der Waals surface area contributed by atoms with Gasteiger partial charge in [-0.2, -0.15) is 0 Å². The molecule has 0 spiro atoms. The first-order chi connectivity index (χ1) is 12.1. The Balaban J connectivity index is 1.48. The minimum Gasteiger partial charge on any atom is -0.338 e. The highest BCUT2D eigenvalue weighted by molar-refractivity contribution is 7.80. The van der Waals surface area contributed by atoms with E-state index < -0.39 is 0 Å². The maximum absolute atomic E-state index is 5.61. The molecule has 4 nitrogen and oxygen atoms in total. The first-order valence-corrected chi connectivity index (χ1v) is 9.41. The van der Waals surface area contributed by atoms with E-state index in [1.807, 2.05) is 12.4 Å². The Morgan fingerprint density at radius 2 is 1.76 bits per heavy atom. The van der Waals surface area contributed by atoms with Crippen molar-refractivity contribution in [3.05, 3.63) is 59.9 Å². The van der Waals surface area contributed by atoms with Crippen LogP contribution in [-0.4, -0.2) is 41.2 Å². The molecule has 132 valence electrons. The highest BCUT2D eigenvalue weighted by Crippen LogP contribution is 2.17. The van der Waals surface area contributed by atoms with Crippen LogP contribution in [0.3, 0.4) is 0 Å². The van der Waals surface area contributed by atoms with Crippen molar-refractivity contribution in [1.29, 1.82) is 0 Å². The third-order valence-corrected chi connectivity index (χ3v) is 5.15. The fourth-order valence-electron chi connectivity index (χ4n) is 3.15. The van der Waals surface area contributed by atoms with E-state index in [0.717, 1.165) is 43.5 Å². The van der Waals surface area contributed by atoms with Gasteiger partial charge < -0.3 is 15.1 Å². The molecule has 25 heavy (non-hydrogen) atoms. The number of rotatable bonds is 4. The Morgan fingerprint density at radius 3 is 2.36 bits per heavy atom. The molecule has 0 aliphatic carbocycles. The van der Waals surface area contributed by atoms with Gasteiger partial charge in [0.1, 0.15) is 6.54 Å². The maximum Gasteiger partial charge on any atom is 0.173 e. The van der Waals surface area contributed by atoms with Gasteiger partial charge in [-0.05, 0) is 48.0 Å². The standard InChI is InChI=1S/C20H26N4S/c1-16(2)18-3-5-19(6-4-18)22-20(25)24-13-11-23(12-14-24)15-17-7-9-21-10-8-17/h3-10,16H,11-15H2,1-2H3,(H,22,25)/p+1. The van der Waals surface area contributed by atoms with Crippen LogP contribution in [0.4, 0.5) is 5.69 Å². The molecule has 3 rings (SSSR count). The van der Waals surface area contributed by atoms with E-state index in [4.69, 9.17) is 12.2 Å². The average Bonchev–Trinajstić information content (AvgIpc) is 2.63. The largest absolute Gasteiger partial charge is 0.338 e. The summed E-state index contributed by atoms with van der Waals surface area (Å²) in [7, 11) is 0. The van der Waals surface area contributed by atoms with E-state index in [2.05, 4.69) is 65.4 Å². The molecule has 0 amide bonds. The van der Waals surface area contributed by atoms with E-state index >= 15 is 0 Å². The second kappa shape index (κ2) is 8.41. The molecule has 1 saturated heterocycles. The number of hydrogen-bond acceptors (Lipinski definition) is 2. The van der Waals surface area contributed by atoms with Gasteiger partial charge >= 0.3 is 0 Å². The Bertz CT molecular complexity index is 677. The molecule has 0 bridgehead atoms. The minimum atomic E-state index is 0.553. The first kappa shape index (κ1) is 17.8. The second-order valence-corrected chi connectivity index (χ2v) is 7.36. The summed E-state index contributed by atoms with van der Waals surface area (Å²) in [5.74, 6) is 0.553. The van der Waals surface area contributed by atoms with Crippen molar-refractivity contribution < 1.29 is 4.90 Å². The smallest absolute Gasteiger partial charge is 0.173 e. The van der Waals surface area contributed by atoms with Crippen LogP contribution in [0.2, 0.25) is 0 Å². The molecule has 5 heteroatoms. The Kier molecular flexibility index (Phi) is 6.00. The highest BCUT2D eigenvalue weighted by Gasteiger charge is 2.21. The lowest BCUT2D eigenvalue weighted by Gasteiger charge is -2.34. The van der Waals surface area contributed by atoms with Gasteiger partial charge in [0.2, 0.25) is 0 Å². The van der Waals surface area contributed by atoms with E-state index in [-0.39, 0.29) is 0 Å². The number of nitrogens with zero attached hydrogens (tertiary/aromatic N) is 2. The average molecular weight is 356 g/mol. The lowest BCUT2D eigenvalue weighted by Crippen LogP contribution is -3.13. The molecule has 0 saturated carbocycles. The van der Waals surface area contributed by atoms with Crippen molar-refractivity contribution in [3.8, 4) is 0 Å². The fourth-order valence-corrected chi connectivity index (χ4v) is 3.45. The van der Waals surface area contributed by atoms with Crippen molar-refractivity contribution in [3.63, 3.8) is 0 Å². The zero-order chi connectivity index (χ0) is 17.6. The Hall–Kier alpha value is -1.98. The third kappa shape index (κ3) is 5.00. The maximum atomic E-state index is 5.61. The van der Waals surface area contributed by atoms with Gasteiger partial charge in [0.25, 0.3) is 0 Å². The number of benzene rings is 1. The van der Waals surface area contributed by atoms with Gasteiger partial charge in [0.05, 0.1) is 26.2 Å². The van der Waals surface area contributed by atoms with Crippen LogP contribution >= 0.6 is 12.2 Å². The quantitative estimate of drug-likeness (QED) is 0.825. The zero-order valence-electron chi connectivity index (χ0n) is 15.0. The van der Waals surface area contributed by atoms with E-state index in [1.165, 1.54) is 11.1 Å². The monoisotopic (exact) mass is 355 g/mol. The molecule has 0 atom stereocenters. The lowest BCUT2D eigenvalue weighted by molar-refractivity contribution is -0.917. The number of aromatic nitrogens is 1. The molecule has 2 heterocycles. The summed E-state index contributed by atoms with van der Waals surface area (Å²) in [6, 6.07) is 12.8. The number of anilines is 1. The first-order valence-electron chi connectivity index (χ1n) is 9.00. The minimum absolute atomic E-state index is 0.553. The molecule has 1 aliphatic rings. The van der Waals surface area contributed by atoms with E-state index in [0.29, 0.717) is 5.92 Å². The molecule has 2 aromatic rings. The zero-order valence-corrected chi connectivity index (χ0v) is 15.9. The second-order valence-electron chi connectivity index (χ2n) is 6.98. The Labute approximate surface area is 155 Å². The van der Waals surface area contributed by atoms with Gasteiger partial charge in [0, 0.05) is 23.6 Å². The van der Waals surface area contributed by atoms with Gasteiger partial charge in [-0.3, -0.25) is 4.98 Å². The Morgan fingerprint density at radius 1 is 1.12 bits per heavy atom. The molecule has 0 radical (unpaired) electrons. The van der Waals surface area contributed by atoms with Crippen molar-refractivity contribution in [1.82, 2.24) is 9.88 Å². The lowest BCUT2D eigenvalue weighted by atomic mass is 10.0. The van der Waals surface area contributed by atoms with Crippen LogP contribution in [0.1, 0.15) is 30.9 Å². The predicted octanol–water partition coefficient (Wildman–Crippen LogP) is 2.30. The summed E-state index contributed by atoms with van der Waals surface area (Å²) in [6.45, 7) is 9.69. The van der Waals surface area contributed by atoms with Crippen molar-refractivity contribution in [2.24, 2.45) is 0 Å². The summed E-state index contributed by atoms with van der Waals surface area (Å²) >= 11 is 5.61. The molecule has 1 aliphatic heterocycles. The van der Waals surface area contributed by atoms with Gasteiger partial charge in [-0.15, -0.1) is 0 Å². The summed E-state index contributed by atoms with van der Waals surface area (Å²) in [4.78, 5) is 7.97. The van der Waals surface area contributed by atoms with Crippen LogP contribution in [0.25, 0.3) is 0 Å².